The topological polar surface area (TPSA) is 54.0 Å². The molecule has 1 saturated heterocycles. The van der Waals surface area contributed by atoms with E-state index in [9.17, 15) is 4.79 Å². The van der Waals surface area contributed by atoms with Crippen LogP contribution in [0.3, 0.4) is 0 Å². The Labute approximate surface area is 122 Å². The molecular weight excluding hydrogens is 258 g/mol. The third-order valence-corrected chi connectivity index (χ3v) is 3.66. The van der Waals surface area contributed by atoms with Gasteiger partial charge in [-0.25, -0.2) is 0 Å². The lowest BCUT2D eigenvalue weighted by atomic mass is 10.2. The molecule has 1 unspecified atom stereocenters. The Morgan fingerprint density at radius 1 is 1.30 bits per heavy atom. The molecule has 6 heteroatoms. The fourth-order valence-electron chi connectivity index (χ4n) is 2.26. The van der Waals surface area contributed by atoms with E-state index in [0.29, 0.717) is 26.3 Å². The maximum Gasteiger partial charge on any atom is 0.253 e. The Morgan fingerprint density at radius 3 is 2.60 bits per heavy atom. The summed E-state index contributed by atoms with van der Waals surface area (Å²) >= 11 is 0. The summed E-state index contributed by atoms with van der Waals surface area (Å²) in [4.78, 5) is 16.7. The second kappa shape index (κ2) is 10.1. The largest absolute Gasteiger partial charge is 0.383 e. The van der Waals surface area contributed by atoms with Crippen molar-refractivity contribution in [2.45, 2.75) is 20.0 Å². The number of rotatable bonds is 9. The molecule has 118 valence electrons. The van der Waals surface area contributed by atoms with Gasteiger partial charge < -0.3 is 24.6 Å². The van der Waals surface area contributed by atoms with Crippen LogP contribution >= 0.6 is 0 Å². The van der Waals surface area contributed by atoms with Crippen LogP contribution < -0.4 is 5.32 Å². The maximum atomic E-state index is 12.5. The number of hydrogen-bond acceptors (Lipinski definition) is 5. The zero-order chi connectivity index (χ0) is 14.8. The first-order valence-corrected chi connectivity index (χ1v) is 7.55. The molecular formula is C14H29N3O3. The predicted octanol–water partition coefficient (Wildman–Crippen LogP) is -0.208. The zero-order valence-electron chi connectivity index (χ0n) is 13.1. The highest BCUT2D eigenvalue weighted by Gasteiger charge is 2.26. The minimum atomic E-state index is -0.350. The highest BCUT2D eigenvalue weighted by molar-refractivity contribution is 5.81. The first kappa shape index (κ1) is 17.4. The molecule has 0 spiro atoms. The molecule has 1 aliphatic heterocycles. The van der Waals surface area contributed by atoms with Crippen molar-refractivity contribution in [1.82, 2.24) is 15.1 Å². The van der Waals surface area contributed by atoms with Crippen LogP contribution in [0.4, 0.5) is 0 Å². The lowest BCUT2D eigenvalue weighted by Gasteiger charge is -2.31. The number of nitrogens with one attached hydrogen (secondary N) is 1. The van der Waals surface area contributed by atoms with Gasteiger partial charge in [-0.05, 0) is 13.1 Å². The van der Waals surface area contributed by atoms with E-state index in [0.717, 1.165) is 32.7 Å². The van der Waals surface area contributed by atoms with E-state index in [1.807, 2.05) is 4.90 Å². The minimum absolute atomic E-state index is 0.0707. The Bertz CT molecular complexity index is 266. The summed E-state index contributed by atoms with van der Waals surface area (Å²) in [5.41, 5.74) is 0. The smallest absolute Gasteiger partial charge is 0.253 e. The van der Waals surface area contributed by atoms with E-state index in [2.05, 4.69) is 24.1 Å². The molecule has 0 aromatic rings. The van der Waals surface area contributed by atoms with E-state index >= 15 is 0 Å². The average molecular weight is 287 g/mol. The monoisotopic (exact) mass is 287 g/mol. The summed E-state index contributed by atoms with van der Waals surface area (Å²) in [5.74, 6) is 0.0707. The van der Waals surface area contributed by atoms with E-state index in [4.69, 9.17) is 9.47 Å². The third kappa shape index (κ3) is 5.75. The van der Waals surface area contributed by atoms with Gasteiger partial charge >= 0.3 is 0 Å². The van der Waals surface area contributed by atoms with Gasteiger partial charge in [-0.1, -0.05) is 13.8 Å². The van der Waals surface area contributed by atoms with E-state index in [1.165, 1.54) is 0 Å². The minimum Gasteiger partial charge on any atom is -0.383 e. The Balaban J connectivity index is 2.50. The van der Waals surface area contributed by atoms with Crippen molar-refractivity contribution in [2.75, 3.05) is 66.1 Å². The lowest BCUT2D eigenvalue weighted by molar-refractivity contribution is -0.146. The molecule has 0 aromatic heterocycles. The molecule has 1 N–H and O–H groups in total. The van der Waals surface area contributed by atoms with Gasteiger partial charge in [0.25, 0.3) is 5.91 Å². The van der Waals surface area contributed by atoms with Gasteiger partial charge in [-0.15, -0.1) is 0 Å². The summed E-state index contributed by atoms with van der Waals surface area (Å²) < 4.78 is 10.7. The highest BCUT2D eigenvalue weighted by Crippen LogP contribution is 2.03. The molecule has 6 nitrogen and oxygen atoms in total. The van der Waals surface area contributed by atoms with Crippen LogP contribution in [0.5, 0.6) is 0 Å². The zero-order valence-corrected chi connectivity index (χ0v) is 13.1. The quantitative estimate of drug-likeness (QED) is 0.636. The van der Waals surface area contributed by atoms with Crippen LogP contribution in [0.25, 0.3) is 0 Å². The summed E-state index contributed by atoms with van der Waals surface area (Å²) in [7, 11) is 1.66. The molecule has 0 bridgehead atoms. The van der Waals surface area contributed by atoms with E-state index in [-0.39, 0.29) is 12.0 Å². The van der Waals surface area contributed by atoms with Gasteiger partial charge in [0.1, 0.15) is 6.10 Å². The van der Waals surface area contributed by atoms with Gasteiger partial charge in [0, 0.05) is 39.8 Å². The Morgan fingerprint density at radius 2 is 2.05 bits per heavy atom. The number of nitrogens with zero attached hydrogens (tertiary/aromatic N) is 2. The van der Waals surface area contributed by atoms with Crippen LogP contribution in [-0.4, -0.2) is 87.9 Å². The van der Waals surface area contributed by atoms with Crippen molar-refractivity contribution < 1.29 is 14.3 Å². The summed E-state index contributed by atoms with van der Waals surface area (Å²) in [6.45, 7) is 11.1. The van der Waals surface area contributed by atoms with Crippen molar-refractivity contribution in [3.05, 3.63) is 0 Å². The Hall–Kier alpha value is -0.690. The van der Waals surface area contributed by atoms with Gasteiger partial charge in [-0.2, -0.15) is 0 Å². The molecule has 0 aliphatic carbocycles. The summed E-state index contributed by atoms with van der Waals surface area (Å²) in [5, 5.41) is 3.20. The van der Waals surface area contributed by atoms with Crippen molar-refractivity contribution >= 4 is 5.91 Å². The molecule has 1 atom stereocenters. The van der Waals surface area contributed by atoms with Crippen LogP contribution in [0.15, 0.2) is 0 Å². The van der Waals surface area contributed by atoms with Crippen LogP contribution in [0, 0.1) is 0 Å². The second-order valence-corrected chi connectivity index (χ2v) is 4.91. The van der Waals surface area contributed by atoms with Gasteiger partial charge in [0.2, 0.25) is 0 Å². The SMILES string of the molecule is CCN(CC)CCN(CCOC)C(=O)C1CNCCO1. The fourth-order valence-corrected chi connectivity index (χ4v) is 2.26. The first-order chi connectivity index (χ1) is 9.72. The van der Waals surface area contributed by atoms with Crippen molar-refractivity contribution in [1.29, 1.82) is 0 Å². The second-order valence-electron chi connectivity index (χ2n) is 4.91. The van der Waals surface area contributed by atoms with E-state index in [1.54, 1.807) is 7.11 Å². The summed E-state index contributed by atoms with van der Waals surface area (Å²) in [6.07, 6.45) is -0.350. The van der Waals surface area contributed by atoms with Gasteiger partial charge in [0.05, 0.1) is 13.2 Å². The van der Waals surface area contributed by atoms with Crippen LogP contribution in [0.2, 0.25) is 0 Å². The first-order valence-electron chi connectivity index (χ1n) is 7.55. The number of hydrogen-bond donors (Lipinski definition) is 1. The molecule has 1 fully saturated rings. The number of carbonyl (C=O) groups is 1. The van der Waals surface area contributed by atoms with E-state index < -0.39 is 0 Å². The number of amides is 1. The molecule has 1 rings (SSSR count). The average Bonchev–Trinajstić information content (AvgIpc) is 2.51. The maximum absolute atomic E-state index is 12.5. The lowest BCUT2D eigenvalue weighted by Crippen LogP contribution is -2.51. The Kier molecular flexibility index (Phi) is 8.77. The number of morpholine rings is 1. The van der Waals surface area contributed by atoms with Crippen molar-refractivity contribution in [3.63, 3.8) is 0 Å². The number of ether oxygens (including phenoxy) is 2. The molecule has 1 amide bonds. The van der Waals surface area contributed by atoms with Crippen molar-refractivity contribution in [3.8, 4) is 0 Å². The van der Waals surface area contributed by atoms with Gasteiger partial charge in [-0.3, -0.25) is 4.79 Å². The van der Waals surface area contributed by atoms with Gasteiger partial charge in [0.15, 0.2) is 0 Å². The molecule has 0 radical (unpaired) electrons. The third-order valence-electron chi connectivity index (χ3n) is 3.66. The standard InChI is InChI=1S/C14H29N3O3/c1-4-16(5-2)7-8-17(9-11-19-3)14(18)13-12-15-6-10-20-13/h13,15H,4-12H2,1-3H3. The van der Waals surface area contributed by atoms with Crippen molar-refractivity contribution in [2.24, 2.45) is 0 Å². The molecule has 0 aromatic carbocycles. The van der Waals surface area contributed by atoms with Crippen LogP contribution in [0.1, 0.15) is 13.8 Å². The normalized spacial score (nSPS) is 19.3. The molecule has 20 heavy (non-hydrogen) atoms. The fraction of sp³-hybridized carbons (Fsp3) is 0.929. The molecule has 1 heterocycles. The summed E-state index contributed by atoms with van der Waals surface area (Å²) in [6, 6.07) is 0. The highest BCUT2D eigenvalue weighted by atomic mass is 16.5. The van der Waals surface area contributed by atoms with Crippen LogP contribution in [-0.2, 0) is 14.3 Å². The number of carbonyl (C=O) groups excluding carboxylic acids is 1. The molecule has 0 saturated carbocycles. The number of likely N-dealkylation sites (N-methyl/N-ethyl adjacent to an activating group) is 1. The predicted molar refractivity (Wildman–Crippen MR) is 78.9 cm³/mol. The number of methoxy groups -OCH3 is 1. The molecule has 1 aliphatic rings.